The van der Waals surface area contributed by atoms with Crippen molar-refractivity contribution in [1.82, 2.24) is 9.99 Å². The number of halogens is 1. The predicted molar refractivity (Wildman–Crippen MR) is 43.2 cm³/mol. The Morgan fingerprint density at radius 3 is 2.83 bits per heavy atom. The van der Waals surface area contributed by atoms with Crippen LogP contribution in [-0.4, -0.2) is 16.9 Å². The summed E-state index contributed by atoms with van der Waals surface area (Å²) < 4.78 is 1.08. The highest BCUT2D eigenvalue weighted by Gasteiger charge is 2.12. The smallest absolute Gasteiger partial charge is 0.268 e. The molecule has 1 amide bonds. The lowest BCUT2D eigenvalue weighted by molar-refractivity contribution is 0.0954. The Morgan fingerprint density at radius 1 is 1.75 bits per heavy atom. The van der Waals surface area contributed by atoms with Crippen LogP contribution in [0.25, 0.3) is 0 Å². The first kappa shape index (κ1) is 8.76. The van der Waals surface area contributed by atoms with Crippen molar-refractivity contribution in [2.75, 3.05) is 0 Å². The van der Waals surface area contributed by atoms with E-state index in [0.29, 0.717) is 6.41 Å². The molecule has 1 aromatic rings. The molecule has 0 spiro atoms. The molecule has 0 aliphatic carbocycles. The van der Waals surface area contributed by atoms with Gasteiger partial charge in [0.2, 0.25) is 6.41 Å². The highest BCUT2D eigenvalue weighted by atomic mass is 35.5. The van der Waals surface area contributed by atoms with E-state index in [-0.39, 0.29) is 10.7 Å². The third-order valence-corrected chi connectivity index (χ3v) is 1.74. The molecule has 0 aromatic carbocycles. The largest absolute Gasteiger partial charge is 0.290 e. The highest BCUT2D eigenvalue weighted by molar-refractivity contribution is 6.33. The Labute approximate surface area is 73.1 Å². The van der Waals surface area contributed by atoms with E-state index < -0.39 is 5.91 Å². The number of carbonyl (C=O) groups is 2. The third-order valence-electron chi connectivity index (χ3n) is 1.34. The van der Waals surface area contributed by atoms with Crippen LogP contribution >= 0.6 is 11.6 Å². The second kappa shape index (κ2) is 3.38. The average molecular weight is 188 g/mol. The minimum Gasteiger partial charge on any atom is -0.290 e. The number of nitrogens with two attached hydrogens (primary N) is 1. The molecule has 0 aliphatic rings. The number of hydrazine groups is 1. The SMILES string of the molecule is NNC(=O)c1ccn(C=O)c1Cl. The van der Waals surface area contributed by atoms with Crippen molar-refractivity contribution in [3.63, 3.8) is 0 Å². The molecule has 0 saturated carbocycles. The first-order chi connectivity index (χ1) is 5.70. The van der Waals surface area contributed by atoms with Gasteiger partial charge in [0, 0.05) is 6.20 Å². The lowest BCUT2D eigenvalue weighted by Gasteiger charge is -1.96. The molecular weight excluding hydrogens is 182 g/mol. The van der Waals surface area contributed by atoms with Crippen LogP contribution in [0.1, 0.15) is 10.4 Å². The van der Waals surface area contributed by atoms with Crippen LogP contribution in [0.5, 0.6) is 0 Å². The number of nitrogens with one attached hydrogen (secondary N) is 1. The zero-order valence-electron chi connectivity index (χ0n) is 5.95. The van der Waals surface area contributed by atoms with Crippen LogP contribution in [0.2, 0.25) is 5.15 Å². The standard InChI is InChI=1S/C6H6ClN3O2/c7-5-4(6(12)9-8)1-2-10(5)3-11/h1-3H,8H2,(H,9,12). The second-order valence-corrected chi connectivity index (χ2v) is 2.36. The Bertz CT molecular complexity index is 321. The van der Waals surface area contributed by atoms with E-state index in [1.807, 2.05) is 5.43 Å². The van der Waals surface area contributed by atoms with E-state index in [1.165, 1.54) is 12.3 Å². The molecule has 12 heavy (non-hydrogen) atoms. The van der Waals surface area contributed by atoms with E-state index >= 15 is 0 Å². The summed E-state index contributed by atoms with van der Waals surface area (Å²) in [6.45, 7) is 0. The Morgan fingerprint density at radius 2 is 2.42 bits per heavy atom. The number of nitrogens with zero attached hydrogens (tertiary/aromatic N) is 1. The quantitative estimate of drug-likeness (QED) is 0.291. The zero-order chi connectivity index (χ0) is 9.14. The summed E-state index contributed by atoms with van der Waals surface area (Å²) in [5.41, 5.74) is 2.08. The Kier molecular flexibility index (Phi) is 2.47. The molecule has 0 atom stereocenters. The molecule has 1 heterocycles. The fraction of sp³-hybridized carbons (Fsp3) is 0. The molecule has 0 unspecified atom stereocenters. The van der Waals surface area contributed by atoms with Gasteiger partial charge in [0.25, 0.3) is 5.91 Å². The Hall–Kier alpha value is -1.33. The number of nitrogen functional groups attached to an aromatic ring is 1. The topological polar surface area (TPSA) is 77.1 Å². The minimum absolute atomic E-state index is 0.0490. The first-order valence-electron chi connectivity index (χ1n) is 3.03. The molecule has 0 radical (unpaired) electrons. The fourth-order valence-electron chi connectivity index (χ4n) is 0.757. The van der Waals surface area contributed by atoms with Gasteiger partial charge in [0.1, 0.15) is 5.15 Å². The molecule has 0 bridgehead atoms. The van der Waals surface area contributed by atoms with Gasteiger partial charge in [0.05, 0.1) is 5.56 Å². The van der Waals surface area contributed by atoms with Crippen LogP contribution in [0.4, 0.5) is 0 Å². The molecule has 0 aliphatic heterocycles. The maximum Gasteiger partial charge on any atom is 0.268 e. The molecule has 3 N–H and O–H groups in total. The summed E-state index contributed by atoms with van der Waals surface area (Å²) >= 11 is 5.61. The van der Waals surface area contributed by atoms with Crippen molar-refractivity contribution < 1.29 is 9.59 Å². The van der Waals surface area contributed by atoms with Gasteiger partial charge in [-0.15, -0.1) is 0 Å². The summed E-state index contributed by atoms with van der Waals surface area (Å²) in [4.78, 5) is 21.2. The van der Waals surface area contributed by atoms with Crippen molar-refractivity contribution in [3.8, 4) is 0 Å². The van der Waals surface area contributed by atoms with E-state index in [9.17, 15) is 9.59 Å². The third kappa shape index (κ3) is 1.32. The van der Waals surface area contributed by atoms with Gasteiger partial charge in [0.15, 0.2) is 0 Å². The van der Waals surface area contributed by atoms with Crippen LogP contribution < -0.4 is 11.3 Å². The van der Waals surface area contributed by atoms with Crippen LogP contribution in [-0.2, 0) is 4.79 Å². The second-order valence-electron chi connectivity index (χ2n) is 2.01. The molecule has 6 heteroatoms. The van der Waals surface area contributed by atoms with Crippen molar-refractivity contribution >= 4 is 23.9 Å². The van der Waals surface area contributed by atoms with Crippen LogP contribution in [0.3, 0.4) is 0 Å². The number of amides is 1. The molecule has 0 fully saturated rings. The molecule has 5 nitrogen and oxygen atoms in total. The van der Waals surface area contributed by atoms with E-state index in [0.717, 1.165) is 4.57 Å². The van der Waals surface area contributed by atoms with Crippen LogP contribution in [0, 0.1) is 0 Å². The summed E-state index contributed by atoms with van der Waals surface area (Å²) in [5, 5.41) is 0.0490. The maximum absolute atomic E-state index is 10.9. The summed E-state index contributed by atoms with van der Waals surface area (Å²) in [6.07, 6.45) is 1.87. The number of aromatic nitrogens is 1. The van der Waals surface area contributed by atoms with Crippen molar-refractivity contribution in [2.45, 2.75) is 0 Å². The number of hydrogen-bond donors (Lipinski definition) is 2. The van der Waals surface area contributed by atoms with Gasteiger partial charge < -0.3 is 0 Å². The summed E-state index contributed by atoms with van der Waals surface area (Å²) in [7, 11) is 0. The maximum atomic E-state index is 10.9. The molecular formula is C6H6ClN3O2. The molecule has 1 aromatic heterocycles. The van der Waals surface area contributed by atoms with Crippen molar-refractivity contribution in [1.29, 1.82) is 0 Å². The lowest BCUT2D eigenvalue weighted by atomic mass is 10.3. The first-order valence-corrected chi connectivity index (χ1v) is 3.41. The number of hydrogen-bond acceptors (Lipinski definition) is 3. The molecule has 64 valence electrons. The number of rotatable bonds is 2. The monoisotopic (exact) mass is 187 g/mol. The normalized spacial score (nSPS) is 9.50. The van der Waals surface area contributed by atoms with Gasteiger partial charge in [-0.2, -0.15) is 0 Å². The van der Waals surface area contributed by atoms with Gasteiger partial charge in [-0.05, 0) is 6.07 Å². The van der Waals surface area contributed by atoms with Gasteiger partial charge in [-0.3, -0.25) is 19.6 Å². The van der Waals surface area contributed by atoms with Crippen molar-refractivity contribution in [2.24, 2.45) is 5.84 Å². The van der Waals surface area contributed by atoms with Gasteiger partial charge >= 0.3 is 0 Å². The Balaban J connectivity index is 3.10. The lowest BCUT2D eigenvalue weighted by Crippen LogP contribution is -2.29. The number of carbonyl (C=O) groups excluding carboxylic acids is 2. The summed E-state index contributed by atoms with van der Waals surface area (Å²) in [6, 6.07) is 1.40. The van der Waals surface area contributed by atoms with Gasteiger partial charge in [-0.1, -0.05) is 11.6 Å². The zero-order valence-corrected chi connectivity index (χ0v) is 6.71. The van der Waals surface area contributed by atoms with E-state index in [2.05, 4.69) is 0 Å². The predicted octanol–water partition coefficient (Wildman–Crippen LogP) is -0.217. The van der Waals surface area contributed by atoms with Gasteiger partial charge in [-0.25, -0.2) is 5.84 Å². The minimum atomic E-state index is -0.527. The van der Waals surface area contributed by atoms with E-state index in [4.69, 9.17) is 17.4 Å². The summed E-state index contributed by atoms with van der Waals surface area (Å²) in [5.74, 6) is 4.34. The van der Waals surface area contributed by atoms with Crippen molar-refractivity contribution in [3.05, 3.63) is 23.0 Å². The molecule has 1 rings (SSSR count). The van der Waals surface area contributed by atoms with Crippen LogP contribution in [0.15, 0.2) is 12.3 Å². The fourth-order valence-corrected chi connectivity index (χ4v) is 1.00. The highest BCUT2D eigenvalue weighted by Crippen LogP contribution is 2.15. The van der Waals surface area contributed by atoms with E-state index in [1.54, 1.807) is 0 Å². The molecule has 0 saturated heterocycles. The average Bonchev–Trinajstić information content (AvgIpc) is 2.45.